The maximum atomic E-state index is 12.6. The molecule has 0 aliphatic carbocycles. The van der Waals surface area contributed by atoms with Crippen LogP contribution in [0.25, 0.3) is 0 Å². The Labute approximate surface area is 150 Å². The van der Waals surface area contributed by atoms with Crippen LogP contribution in [0.3, 0.4) is 0 Å². The van der Waals surface area contributed by atoms with Crippen LogP contribution in [0.15, 0.2) is 54.9 Å². The van der Waals surface area contributed by atoms with Crippen LogP contribution < -0.4 is 0 Å². The van der Waals surface area contributed by atoms with Crippen molar-refractivity contribution in [1.82, 2.24) is 14.8 Å². The van der Waals surface area contributed by atoms with Crippen LogP contribution in [0.5, 0.6) is 0 Å². The van der Waals surface area contributed by atoms with Crippen molar-refractivity contribution in [3.05, 3.63) is 66.0 Å². The van der Waals surface area contributed by atoms with Gasteiger partial charge in [0.25, 0.3) is 0 Å². The SMILES string of the molecule is CC(CC(=O)N1CCN(CCc2ccccc2)CC1)c1ccncc1. The number of rotatable bonds is 6. The van der Waals surface area contributed by atoms with E-state index >= 15 is 0 Å². The second kappa shape index (κ2) is 8.77. The maximum Gasteiger partial charge on any atom is 0.223 e. The minimum absolute atomic E-state index is 0.242. The van der Waals surface area contributed by atoms with Crippen molar-refractivity contribution in [2.75, 3.05) is 32.7 Å². The number of aromatic nitrogens is 1. The zero-order chi connectivity index (χ0) is 17.5. The lowest BCUT2D eigenvalue weighted by Crippen LogP contribution is -2.49. The van der Waals surface area contributed by atoms with Gasteiger partial charge in [0.15, 0.2) is 0 Å². The minimum atomic E-state index is 0.242. The molecule has 0 radical (unpaired) electrons. The van der Waals surface area contributed by atoms with Crippen molar-refractivity contribution >= 4 is 5.91 Å². The van der Waals surface area contributed by atoms with Crippen LogP contribution in [-0.4, -0.2) is 53.4 Å². The average molecular weight is 337 g/mol. The third kappa shape index (κ3) is 5.13. The first kappa shape index (κ1) is 17.6. The van der Waals surface area contributed by atoms with Gasteiger partial charge in [-0.25, -0.2) is 0 Å². The molecular weight excluding hydrogens is 310 g/mol. The van der Waals surface area contributed by atoms with Gasteiger partial charge in [0.1, 0.15) is 0 Å². The van der Waals surface area contributed by atoms with E-state index in [4.69, 9.17) is 0 Å². The van der Waals surface area contributed by atoms with Crippen molar-refractivity contribution in [3.8, 4) is 0 Å². The number of carbonyl (C=O) groups excluding carboxylic acids is 1. The molecule has 1 fully saturated rings. The highest BCUT2D eigenvalue weighted by Gasteiger charge is 2.22. The van der Waals surface area contributed by atoms with Gasteiger partial charge in [-0.3, -0.25) is 14.7 Å². The Bertz CT molecular complexity index is 651. The van der Waals surface area contributed by atoms with Crippen molar-refractivity contribution in [2.24, 2.45) is 0 Å². The van der Waals surface area contributed by atoms with Gasteiger partial charge in [0.05, 0.1) is 0 Å². The lowest BCUT2D eigenvalue weighted by Gasteiger charge is -2.35. The predicted octanol–water partition coefficient (Wildman–Crippen LogP) is 2.96. The van der Waals surface area contributed by atoms with E-state index in [0.717, 1.165) is 39.1 Å². The van der Waals surface area contributed by atoms with E-state index in [1.54, 1.807) is 12.4 Å². The van der Waals surface area contributed by atoms with E-state index in [1.165, 1.54) is 11.1 Å². The van der Waals surface area contributed by atoms with E-state index in [9.17, 15) is 4.79 Å². The Morgan fingerprint density at radius 2 is 1.72 bits per heavy atom. The van der Waals surface area contributed by atoms with Gasteiger partial charge in [0.2, 0.25) is 5.91 Å². The van der Waals surface area contributed by atoms with Gasteiger partial charge >= 0.3 is 0 Å². The van der Waals surface area contributed by atoms with Crippen LogP contribution in [0, 0.1) is 0 Å². The molecule has 0 saturated carbocycles. The lowest BCUT2D eigenvalue weighted by atomic mass is 9.98. The minimum Gasteiger partial charge on any atom is -0.340 e. The molecule has 1 saturated heterocycles. The largest absolute Gasteiger partial charge is 0.340 e. The Balaban J connectivity index is 1.41. The number of pyridine rings is 1. The molecule has 0 bridgehead atoms. The summed E-state index contributed by atoms with van der Waals surface area (Å²) in [6.07, 6.45) is 5.24. The molecule has 1 atom stereocenters. The highest BCUT2D eigenvalue weighted by molar-refractivity contribution is 5.77. The van der Waals surface area contributed by atoms with E-state index in [-0.39, 0.29) is 11.8 Å². The van der Waals surface area contributed by atoms with Crippen LogP contribution in [0.4, 0.5) is 0 Å². The Hall–Kier alpha value is -2.20. The van der Waals surface area contributed by atoms with Crippen LogP contribution in [0.1, 0.15) is 30.4 Å². The summed E-state index contributed by atoms with van der Waals surface area (Å²) in [5.74, 6) is 0.513. The first-order chi connectivity index (χ1) is 12.2. The molecule has 1 aliphatic rings. The zero-order valence-corrected chi connectivity index (χ0v) is 15.0. The van der Waals surface area contributed by atoms with Crippen LogP contribution >= 0.6 is 0 Å². The molecule has 2 aromatic rings. The third-order valence-electron chi connectivity index (χ3n) is 5.04. The number of hydrogen-bond acceptors (Lipinski definition) is 3. The molecule has 25 heavy (non-hydrogen) atoms. The summed E-state index contributed by atoms with van der Waals surface area (Å²) in [7, 11) is 0. The highest BCUT2D eigenvalue weighted by atomic mass is 16.2. The van der Waals surface area contributed by atoms with Crippen molar-refractivity contribution in [2.45, 2.75) is 25.7 Å². The fourth-order valence-electron chi connectivity index (χ4n) is 3.35. The molecule has 1 aromatic carbocycles. The molecule has 1 unspecified atom stereocenters. The summed E-state index contributed by atoms with van der Waals surface area (Å²) >= 11 is 0. The average Bonchev–Trinajstić information content (AvgIpc) is 2.68. The van der Waals surface area contributed by atoms with E-state index in [0.29, 0.717) is 6.42 Å². The number of amides is 1. The van der Waals surface area contributed by atoms with Gasteiger partial charge in [-0.15, -0.1) is 0 Å². The summed E-state index contributed by atoms with van der Waals surface area (Å²) in [5, 5.41) is 0. The number of hydrogen-bond donors (Lipinski definition) is 0. The summed E-state index contributed by atoms with van der Waals surface area (Å²) in [6.45, 7) is 6.82. The van der Waals surface area contributed by atoms with Gasteiger partial charge in [-0.05, 0) is 35.6 Å². The highest BCUT2D eigenvalue weighted by Crippen LogP contribution is 2.19. The maximum absolute atomic E-state index is 12.6. The second-order valence-electron chi connectivity index (χ2n) is 6.84. The standard InChI is InChI=1S/C21H27N3O/c1-18(20-7-10-22-11-8-20)17-21(25)24-15-13-23(14-16-24)12-9-19-5-3-2-4-6-19/h2-8,10-11,18H,9,12-17H2,1H3. The summed E-state index contributed by atoms with van der Waals surface area (Å²) in [5.41, 5.74) is 2.57. The molecule has 1 aromatic heterocycles. The quantitative estimate of drug-likeness (QED) is 0.813. The van der Waals surface area contributed by atoms with Gasteiger partial charge in [-0.1, -0.05) is 37.3 Å². The smallest absolute Gasteiger partial charge is 0.223 e. The van der Waals surface area contributed by atoms with Gasteiger partial charge in [0, 0.05) is 51.5 Å². The van der Waals surface area contributed by atoms with Gasteiger partial charge < -0.3 is 4.90 Å². The molecule has 2 heterocycles. The summed E-state index contributed by atoms with van der Waals surface area (Å²) in [6, 6.07) is 14.6. The fourth-order valence-corrected chi connectivity index (χ4v) is 3.35. The first-order valence-electron chi connectivity index (χ1n) is 9.16. The molecule has 0 N–H and O–H groups in total. The molecule has 1 aliphatic heterocycles. The molecule has 0 spiro atoms. The Morgan fingerprint density at radius 3 is 2.40 bits per heavy atom. The molecule has 4 nitrogen and oxygen atoms in total. The van der Waals surface area contributed by atoms with E-state index in [2.05, 4.69) is 47.1 Å². The monoisotopic (exact) mass is 337 g/mol. The van der Waals surface area contributed by atoms with E-state index in [1.807, 2.05) is 17.0 Å². The Morgan fingerprint density at radius 1 is 1.04 bits per heavy atom. The van der Waals surface area contributed by atoms with E-state index < -0.39 is 0 Å². The molecular formula is C21H27N3O. The zero-order valence-electron chi connectivity index (χ0n) is 15.0. The predicted molar refractivity (Wildman–Crippen MR) is 100 cm³/mol. The summed E-state index contributed by atoms with van der Waals surface area (Å²) < 4.78 is 0. The van der Waals surface area contributed by atoms with Crippen LogP contribution in [-0.2, 0) is 11.2 Å². The Kier molecular flexibility index (Phi) is 6.18. The number of nitrogens with zero attached hydrogens (tertiary/aromatic N) is 3. The number of benzene rings is 1. The summed E-state index contributed by atoms with van der Waals surface area (Å²) in [4.78, 5) is 21.1. The lowest BCUT2D eigenvalue weighted by molar-refractivity contribution is -0.133. The molecule has 3 rings (SSSR count). The third-order valence-corrected chi connectivity index (χ3v) is 5.04. The van der Waals surface area contributed by atoms with Crippen molar-refractivity contribution in [1.29, 1.82) is 0 Å². The number of carbonyl (C=O) groups is 1. The molecule has 132 valence electrons. The van der Waals surface area contributed by atoms with Crippen molar-refractivity contribution < 1.29 is 4.79 Å². The van der Waals surface area contributed by atoms with Crippen LogP contribution in [0.2, 0.25) is 0 Å². The first-order valence-corrected chi connectivity index (χ1v) is 9.16. The molecule has 4 heteroatoms. The fraction of sp³-hybridized carbons (Fsp3) is 0.429. The van der Waals surface area contributed by atoms with Gasteiger partial charge in [-0.2, -0.15) is 0 Å². The van der Waals surface area contributed by atoms with Crippen molar-refractivity contribution in [3.63, 3.8) is 0 Å². The normalized spacial score (nSPS) is 16.6. The molecule has 1 amide bonds. The second-order valence-corrected chi connectivity index (χ2v) is 6.84. The topological polar surface area (TPSA) is 36.4 Å². The number of piperazine rings is 1.